The lowest BCUT2D eigenvalue weighted by atomic mass is 10.2. The second kappa shape index (κ2) is 7.77. The van der Waals surface area contributed by atoms with Crippen molar-refractivity contribution in [2.75, 3.05) is 34.3 Å². The fourth-order valence-corrected chi connectivity index (χ4v) is 2.56. The summed E-state index contributed by atoms with van der Waals surface area (Å²) in [5.41, 5.74) is 1.06. The zero-order valence-corrected chi connectivity index (χ0v) is 13.4. The van der Waals surface area contributed by atoms with E-state index in [9.17, 15) is 0 Å². The molecule has 0 amide bonds. The number of fused-ring (bicyclic) bond motifs is 1. The first-order valence-electron chi connectivity index (χ1n) is 7.36. The Morgan fingerprint density at radius 1 is 1.14 bits per heavy atom. The summed E-state index contributed by atoms with van der Waals surface area (Å²) in [6, 6.07) is 12.1. The molecule has 0 radical (unpaired) electrons. The van der Waals surface area contributed by atoms with Gasteiger partial charge in [-0.1, -0.05) is 24.3 Å². The van der Waals surface area contributed by atoms with Crippen LogP contribution < -0.4 is 0 Å². The summed E-state index contributed by atoms with van der Waals surface area (Å²) in [5.74, 6) is 0. The van der Waals surface area contributed by atoms with Gasteiger partial charge in [-0.3, -0.25) is 9.88 Å². The molecule has 1 N–H and O–H groups in total. The van der Waals surface area contributed by atoms with Gasteiger partial charge >= 0.3 is 0 Å². The molecule has 118 valence electrons. The Kier molecular flexibility index (Phi) is 5.75. The zero-order chi connectivity index (χ0) is 15.9. The maximum absolute atomic E-state index is 8.80. The predicted molar refractivity (Wildman–Crippen MR) is 89.9 cm³/mol. The molecule has 5 nitrogen and oxygen atoms in total. The third kappa shape index (κ3) is 3.96. The topological polar surface area (TPSA) is 42.8 Å². The van der Waals surface area contributed by atoms with Crippen molar-refractivity contribution in [1.82, 2.24) is 19.7 Å². The number of pyridine rings is 1. The minimum atomic E-state index is 0.197. The number of para-hydroxylation sites is 1. The summed E-state index contributed by atoms with van der Waals surface area (Å²) in [6.07, 6.45) is 6.07. The Bertz CT molecular complexity index is 549. The molecular formula is C17H24N4O. The van der Waals surface area contributed by atoms with Gasteiger partial charge in [0.1, 0.15) is 0 Å². The van der Waals surface area contributed by atoms with Crippen molar-refractivity contribution >= 4 is 10.9 Å². The van der Waals surface area contributed by atoms with Gasteiger partial charge < -0.3 is 14.9 Å². The first kappa shape index (κ1) is 16.3. The molecular weight excluding hydrogens is 276 g/mol. The van der Waals surface area contributed by atoms with Gasteiger partial charge in [0, 0.05) is 37.6 Å². The number of hydrogen-bond donors (Lipinski definition) is 1. The Morgan fingerprint density at radius 3 is 2.55 bits per heavy atom. The zero-order valence-electron chi connectivity index (χ0n) is 13.4. The smallest absolute Gasteiger partial charge is 0.159 e. The van der Waals surface area contributed by atoms with Gasteiger partial charge in [0.25, 0.3) is 0 Å². The number of benzene rings is 1. The molecule has 1 aromatic heterocycles. The molecule has 1 atom stereocenters. The Balaban J connectivity index is 0.000000162. The number of aliphatic hydroxyl groups excluding tert-OH is 1. The van der Waals surface area contributed by atoms with E-state index in [1.54, 1.807) is 0 Å². The summed E-state index contributed by atoms with van der Waals surface area (Å²) < 4.78 is 0. The molecule has 0 spiro atoms. The van der Waals surface area contributed by atoms with Crippen molar-refractivity contribution < 1.29 is 5.11 Å². The normalized spacial score (nSPS) is 17.0. The Hall–Kier alpha value is -2.11. The summed E-state index contributed by atoms with van der Waals surface area (Å²) in [5, 5.41) is 10.00. The van der Waals surface area contributed by atoms with Crippen LogP contribution in [0.2, 0.25) is 0 Å². The van der Waals surface area contributed by atoms with Gasteiger partial charge in [-0.05, 0) is 26.2 Å². The molecule has 0 saturated heterocycles. The molecule has 0 fully saturated rings. The Labute approximate surface area is 132 Å². The van der Waals surface area contributed by atoms with E-state index in [2.05, 4.69) is 31.8 Å². The van der Waals surface area contributed by atoms with Crippen LogP contribution in [0.3, 0.4) is 0 Å². The monoisotopic (exact) mass is 300 g/mol. The molecule has 1 aromatic carbocycles. The lowest BCUT2D eigenvalue weighted by Crippen LogP contribution is -2.48. The first-order chi connectivity index (χ1) is 10.6. The number of aromatic nitrogens is 1. The SMILES string of the molecule is CN(C)C1N(C)C=CN1CCO.c1ccc2ncccc2c1. The number of hydrogen-bond acceptors (Lipinski definition) is 5. The average Bonchev–Trinajstić information content (AvgIpc) is 2.89. The van der Waals surface area contributed by atoms with Gasteiger partial charge in [0.2, 0.25) is 0 Å². The van der Waals surface area contributed by atoms with Crippen molar-refractivity contribution in [3.63, 3.8) is 0 Å². The van der Waals surface area contributed by atoms with Crippen molar-refractivity contribution in [3.05, 3.63) is 55.0 Å². The molecule has 3 rings (SSSR count). The molecule has 22 heavy (non-hydrogen) atoms. The summed E-state index contributed by atoms with van der Waals surface area (Å²) >= 11 is 0. The minimum absolute atomic E-state index is 0.197. The van der Waals surface area contributed by atoms with E-state index >= 15 is 0 Å². The van der Waals surface area contributed by atoms with Crippen LogP contribution in [0.1, 0.15) is 0 Å². The molecule has 0 bridgehead atoms. The fourth-order valence-electron chi connectivity index (χ4n) is 2.56. The molecule has 2 aromatic rings. The second-order valence-corrected chi connectivity index (χ2v) is 5.43. The van der Waals surface area contributed by atoms with E-state index in [4.69, 9.17) is 5.11 Å². The van der Waals surface area contributed by atoms with Gasteiger partial charge in [-0.25, -0.2) is 0 Å². The third-order valence-electron chi connectivity index (χ3n) is 3.49. The molecule has 0 aliphatic carbocycles. The predicted octanol–water partition coefficient (Wildman–Crippen LogP) is 1.78. The minimum Gasteiger partial charge on any atom is -0.395 e. The maximum atomic E-state index is 8.80. The number of rotatable bonds is 3. The largest absolute Gasteiger partial charge is 0.395 e. The number of nitrogens with zero attached hydrogens (tertiary/aromatic N) is 4. The lowest BCUT2D eigenvalue weighted by Gasteiger charge is -2.34. The first-order valence-corrected chi connectivity index (χ1v) is 7.36. The highest BCUT2D eigenvalue weighted by Crippen LogP contribution is 2.14. The van der Waals surface area contributed by atoms with Crippen LogP contribution in [0.15, 0.2) is 55.0 Å². The third-order valence-corrected chi connectivity index (χ3v) is 3.49. The van der Waals surface area contributed by atoms with E-state index in [0.717, 1.165) is 5.52 Å². The summed E-state index contributed by atoms with van der Waals surface area (Å²) in [4.78, 5) is 10.5. The highest BCUT2D eigenvalue weighted by molar-refractivity contribution is 5.77. The van der Waals surface area contributed by atoms with Crippen LogP contribution in [0.5, 0.6) is 0 Å². The molecule has 2 heterocycles. The van der Waals surface area contributed by atoms with Crippen molar-refractivity contribution in [1.29, 1.82) is 0 Å². The molecule has 5 heteroatoms. The summed E-state index contributed by atoms with van der Waals surface area (Å²) in [6.45, 7) is 0.881. The van der Waals surface area contributed by atoms with Gasteiger partial charge in [0.15, 0.2) is 6.29 Å². The summed E-state index contributed by atoms with van der Waals surface area (Å²) in [7, 11) is 6.08. The van der Waals surface area contributed by atoms with E-state index in [-0.39, 0.29) is 12.9 Å². The van der Waals surface area contributed by atoms with Crippen LogP contribution in [0, 0.1) is 0 Å². The standard InChI is InChI=1S/C9H7N.C8H17N3O/c1-2-6-9-8(4-1)5-3-7-10-9;1-9(2)8-10(3)4-5-11(8)6-7-12/h1-7H;4-5,8,12H,6-7H2,1-3H3. The van der Waals surface area contributed by atoms with Crippen LogP contribution in [0.25, 0.3) is 10.9 Å². The van der Waals surface area contributed by atoms with Gasteiger partial charge in [-0.2, -0.15) is 0 Å². The number of β-amino-alcohol motifs (C(OH)–C–C–N with tert-alkyl or cyclic N) is 1. The van der Waals surface area contributed by atoms with Crippen molar-refractivity contribution in [3.8, 4) is 0 Å². The van der Waals surface area contributed by atoms with Gasteiger partial charge in [-0.15, -0.1) is 0 Å². The van der Waals surface area contributed by atoms with Crippen molar-refractivity contribution in [2.45, 2.75) is 6.29 Å². The average molecular weight is 300 g/mol. The van der Waals surface area contributed by atoms with Crippen LogP contribution >= 0.6 is 0 Å². The second-order valence-electron chi connectivity index (χ2n) is 5.43. The quantitative estimate of drug-likeness (QED) is 0.936. The lowest BCUT2D eigenvalue weighted by molar-refractivity contribution is 0.0341. The fraction of sp³-hybridized carbons (Fsp3) is 0.353. The molecule has 1 aliphatic heterocycles. The maximum Gasteiger partial charge on any atom is 0.159 e. The highest BCUT2D eigenvalue weighted by atomic mass is 16.3. The molecule has 1 unspecified atom stereocenters. The highest BCUT2D eigenvalue weighted by Gasteiger charge is 2.24. The number of aliphatic hydroxyl groups is 1. The van der Waals surface area contributed by atoms with Gasteiger partial charge in [0.05, 0.1) is 12.1 Å². The van der Waals surface area contributed by atoms with Crippen molar-refractivity contribution in [2.24, 2.45) is 0 Å². The van der Waals surface area contributed by atoms with E-state index in [0.29, 0.717) is 6.54 Å². The van der Waals surface area contributed by atoms with Crippen LogP contribution in [-0.4, -0.2) is 65.4 Å². The van der Waals surface area contributed by atoms with E-state index in [1.807, 2.05) is 64.0 Å². The van der Waals surface area contributed by atoms with E-state index in [1.165, 1.54) is 5.39 Å². The van der Waals surface area contributed by atoms with E-state index < -0.39 is 0 Å². The molecule has 0 saturated carbocycles. The molecule has 1 aliphatic rings. The Morgan fingerprint density at radius 2 is 1.86 bits per heavy atom. The van der Waals surface area contributed by atoms with Crippen LogP contribution in [0.4, 0.5) is 0 Å². The van der Waals surface area contributed by atoms with Crippen LogP contribution in [-0.2, 0) is 0 Å².